The summed E-state index contributed by atoms with van der Waals surface area (Å²) in [4.78, 5) is 4.79. The topological polar surface area (TPSA) is 59.3 Å². The van der Waals surface area contributed by atoms with Gasteiger partial charge < -0.3 is 9.64 Å². The van der Waals surface area contributed by atoms with Crippen LogP contribution in [0.15, 0.2) is 54.6 Å². The minimum Gasteiger partial charge on any atom is -0.376 e. The highest BCUT2D eigenvalue weighted by molar-refractivity contribution is 5.46. The van der Waals surface area contributed by atoms with E-state index in [0.29, 0.717) is 6.54 Å². The van der Waals surface area contributed by atoms with Crippen molar-refractivity contribution in [2.75, 3.05) is 37.7 Å². The van der Waals surface area contributed by atoms with E-state index in [1.165, 1.54) is 17.8 Å². The summed E-state index contributed by atoms with van der Waals surface area (Å²) < 4.78 is 21.3. The lowest BCUT2D eigenvalue weighted by Gasteiger charge is -2.40. The normalized spacial score (nSPS) is 20.8. The number of piperazine rings is 1. The molecule has 0 unspecified atom stereocenters. The number of anilines is 1. The fourth-order valence-electron chi connectivity index (χ4n) is 4.56. The van der Waals surface area contributed by atoms with Crippen molar-refractivity contribution in [2.24, 2.45) is 0 Å². The van der Waals surface area contributed by atoms with Gasteiger partial charge in [-0.05, 0) is 53.1 Å². The van der Waals surface area contributed by atoms with Crippen LogP contribution in [0.25, 0.3) is 0 Å². The second-order valence-corrected chi connectivity index (χ2v) is 8.17. The van der Waals surface area contributed by atoms with Gasteiger partial charge >= 0.3 is 0 Å². The van der Waals surface area contributed by atoms with Crippen LogP contribution < -0.4 is 4.90 Å². The van der Waals surface area contributed by atoms with Gasteiger partial charge in [0.25, 0.3) is 0 Å². The predicted octanol–water partition coefficient (Wildman–Crippen LogP) is 2.90. The van der Waals surface area contributed by atoms with Gasteiger partial charge in [0.1, 0.15) is 5.82 Å². The van der Waals surface area contributed by atoms with Crippen LogP contribution in [0, 0.1) is 5.82 Å². The minimum atomic E-state index is -0.240. The van der Waals surface area contributed by atoms with Crippen LogP contribution in [0.3, 0.4) is 0 Å². The van der Waals surface area contributed by atoms with Crippen LogP contribution in [0.4, 0.5) is 10.1 Å². The number of rotatable bonds is 6. The van der Waals surface area contributed by atoms with Crippen LogP contribution in [-0.4, -0.2) is 64.0 Å². The van der Waals surface area contributed by atoms with Crippen LogP contribution in [0.1, 0.15) is 30.3 Å². The van der Waals surface area contributed by atoms with Crippen molar-refractivity contribution in [3.8, 4) is 0 Å². The zero-order valence-corrected chi connectivity index (χ0v) is 17.5. The molecule has 1 aromatic heterocycles. The summed E-state index contributed by atoms with van der Waals surface area (Å²) in [5.41, 5.74) is 2.24. The number of nitrogens with zero attached hydrogens (tertiary/aromatic N) is 6. The van der Waals surface area contributed by atoms with E-state index in [-0.39, 0.29) is 18.0 Å². The smallest absolute Gasteiger partial charge is 0.173 e. The molecule has 0 N–H and O–H groups in total. The maximum absolute atomic E-state index is 13.6. The van der Waals surface area contributed by atoms with Gasteiger partial charge in [0, 0.05) is 38.5 Å². The van der Waals surface area contributed by atoms with Crippen molar-refractivity contribution < 1.29 is 9.13 Å². The molecule has 0 aliphatic carbocycles. The molecule has 2 aliphatic heterocycles. The molecule has 3 heterocycles. The van der Waals surface area contributed by atoms with Crippen molar-refractivity contribution in [1.82, 2.24) is 25.1 Å². The van der Waals surface area contributed by atoms with E-state index in [1.54, 1.807) is 0 Å². The van der Waals surface area contributed by atoms with E-state index in [9.17, 15) is 4.39 Å². The molecule has 2 atom stereocenters. The Balaban J connectivity index is 1.40. The maximum atomic E-state index is 13.6. The molecule has 2 aliphatic rings. The first-order valence-corrected chi connectivity index (χ1v) is 10.9. The van der Waals surface area contributed by atoms with Gasteiger partial charge in [0.15, 0.2) is 5.82 Å². The molecule has 5 rings (SSSR count). The summed E-state index contributed by atoms with van der Waals surface area (Å²) in [6.07, 6.45) is 2.24. The van der Waals surface area contributed by atoms with Crippen molar-refractivity contribution in [2.45, 2.75) is 31.5 Å². The van der Waals surface area contributed by atoms with Gasteiger partial charge in [-0.3, -0.25) is 4.90 Å². The molecular formula is C23H27FN6O. The molecule has 2 saturated heterocycles. The average Bonchev–Trinajstić information content (AvgIpc) is 3.49. The van der Waals surface area contributed by atoms with E-state index in [4.69, 9.17) is 4.74 Å². The van der Waals surface area contributed by atoms with E-state index in [1.807, 2.05) is 22.9 Å². The number of hydrogen-bond acceptors (Lipinski definition) is 6. The zero-order valence-electron chi connectivity index (χ0n) is 17.5. The predicted molar refractivity (Wildman–Crippen MR) is 115 cm³/mol. The molecule has 0 saturated carbocycles. The Morgan fingerprint density at radius 2 is 1.77 bits per heavy atom. The second kappa shape index (κ2) is 9.11. The molecule has 0 radical (unpaired) electrons. The number of tetrazole rings is 1. The van der Waals surface area contributed by atoms with Crippen molar-refractivity contribution in [3.05, 3.63) is 71.8 Å². The Hall–Kier alpha value is -2.84. The fourth-order valence-corrected chi connectivity index (χ4v) is 4.56. The summed E-state index contributed by atoms with van der Waals surface area (Å²) in [5.74, 6) is 0.547. The first-order valence-electron chi connectivity index (χ1n) is 10.9. The van der Waals surface area contributed by atoms with Gasteiger partial charge in [0.2, 0.25) is 0 Å². The SMILES string of the molecule is Fc1ccc([C@@H](c2nnnn2C[C@H]2CCCO2)N2CCN(c3ccccc3)CC2)cc1. The van der Waals surface area contributed by atoms with Crippen molar-refractivity contribution >= 4 is 5.69 Å². The lowest BCUT2D eigenvalue weighted by molar-refractivity contribution is 0.0906. The van der Waals surface area contributed by atoms with Gasteiger partial charge in [-0.1, -0.05) is 30.3 Å². The van der Waals surface area contributed by atoms with Crippen LogP contribution in [0.5, 0.6) is 0 Å². The summed E-state index contributed by atoms with van der Waals surface area (Å²) in [6, 6.07) is 17.1. The molecule has 3 aromatic rings. The Bertz CT molecular complexity index is 965. The number of benzene rings is 2. The van der Waals surface area contributed by atoms with Crippen molar-refractivity contribution in [3.63, 3.8) is 0 Å². The summed E-state index contributed by atoms with van der Waals surface area (Å²) >= 11 is 0. The number of para-hydroxylation sites is 1. The molecule has 2 fully saturated rings. The Kier molecular flexibility index (Phi) is 5.90. The fraction of sp³-hybridized carbons (Fsp3) is 0.435. The summed E-state index contributed by atoms with van der Waals surface area (Å²) in [5, 5.41) is 12.7. The highest BCUT2D eigenvalue weighted by Gasteiger charge is 2.31. The summed E-state index contributed by atoms with van der Waals surface area (Å²) in [7, 11) is 0. The minimum absolute atomic E-state index is 0.130. The highest BCUT2D eigenvalue weighted by atomic mass is 19.1. The quantitative estimate of drug-likeness (QED) is 0.609. The standard InChI is InChI=1S/C23H27FN6O/c24-19-10-8-18(9-11-19)22(23-25-26-27-30(23)17-21-7-4-16-31-21)29-14-12-28(13-15-29)20-5-2-1-3-6-20/h1-3,5-6,8-11,21-22H,4,7,12-17H2/t21-,22+/m1/s1. The molecule has 8 heteroatoms. The molecular weight excluding hydrogens is 395 g/mol. The van der Waals surface area contributed by atoms with Crippen LogP contribution in [0.2, 0.25) is 0 Å². The third-order valence-electron chi connectivity index (χ3n) is 6.19. The first-order chi connectivity index (χ1) is 15.3. The van der Waals surface area contributed by atoms with Gasteiger partial charge in [-0.25, -0.2) is 9.07 Å². The highest BCUT2D eigenvalue weighted by Crippen LogP contribution is 2.30. The van der Waals surface area contributed by atoms with E-state index in [2.05, 4.69) is 49.6 Å². The van der Waals surface area contributed by atoms with E-state index in [0.717, 1.165) is 57.0 Å². The van der Waals surface area contributed by atoms with Crippen LogP contribution >= 0.6 is 0 Å². The third kappa shape index (κ3) is 4.45. The first kappa shape index (κ1) is 20.1. The van der Waals surface area contributed by atoms with Crippen molar-refractivity contribution in [1.29, 1.82) is 0 Å². The van der Waals surface area contributed by atoms with Gasteiger partial charge in [-0.2, -0.15) is 0 Å². The molecule has 0 spiro atoms. The number of aromatic nitrogens is 4. The Morgan fingerprint density at radius 3 is 2.48 bits per heavy atom. The van der Waals surface area contributed by atoms with Gasteiger partial charge in [0.05, 0.1) is 18.7 Å². The number of hydrogen-bond donors (Lipinski definition) is 0. The average molecular weight is 423 g/mol. The third-order valence-corrected chi connectivity index (χ3v) is 6.19. The Labute approximate surface area is 181 Å². The largest absolute Gasteiger partial charge is 0.376 e. The second-order valence-electron chi connectivity index (χ2n) is 8.17. The number of ether oxygens (including phenoxy) is 1. The number of halogens is 1. The Morgan fingerprint density at radius 1 is 1.00 bits per heavy atom. The van der Waals surface area contributed by atoms with Gasteiger partial charge in [-0.15, -0.1) is 5.10 Å². The molecule has 0 amide bonds. The summed E-state index contributed by atoms with van der Waals surface area (Å²) in [6.45, 7) is 4.99. The monoisotopic (exact) mass is 422 g/mol. The van der Waals surface area contributed by atoms with E-state index < -0.39 is 0 Å². The zero-order chi connectivity index (χ0) is 21.0. The van der Waals surface area contributed by atoms with Crippen LogP contribution in [-0.2, 0) is 11.3 Å². The molecule has 2 aromatic carbocycles. The molecule has 0 bridgehead atoms. The molecule has 7 nitrogen and oxygen atoms in total. The lowest BCUT2D eigenvalue weighted by Crippen LogP contribution is -2.48. The molecule has 162 valence electrons. The lowest BCUT2D eigenvalue weighted by atomic mass is 10.0. The molecule has 31 heavy (non-hydrogen) atoms. The maximum Gasteiger partial charge on any atom is 0.173 e. The van der Waals surface area contributed by atoms with E-state index >= 15 is 0 Å².